The van der Waals surface area contributed by atoms with Gasteiger partial charge in [-0.2, -0.15) is 0 Å². The molecule has 214 valence electrons. The Bertz CT molecular complexity index is 1420. The van der Waals surface area contributed by atoms with Crippen molar-refractivity contribution in [1.29, 1.82) is 0 Å². The van der Waals surface area contributed by atoms with Crippen LogP contribution in [-0.2, 0) is 55.0 Å². The Hall–Kier alpha value is -0.438. The van der Waals surface area contributed by atoms with Gasteiger partial charge in [0, 0.05) is 22.7 Å². The van der Waals surface area contributed by atoms with E-state index in [1.165, 1.54) is 6.07 Å². The molecule has 0 aliphatic heterocycles. The number of benzene rings is 2. The van der Waals surface area contributed by atoms with Crippen LogP contribution in [0.15, 0.2) is 30.3 Å². The minimum Gasteiger partial charge on any atom is -0.748 e. The van der Waals surface area contributed by atoms with Crippen LogP contribution in [-0.4, -0.2) is 66.4 Å². The van der Waals surface area contributed by atoms with E-state index in [1.807, 2.05) is 13.8 Å². The van der Waals surface area contributed by atoms with Crippen LogP contribution in [0.3, 0.4) is 0 Å². The molecule has 2 N–H and O–H groups in total. The van der Waals surface area contributed by atoms with Gasteiger partial charge in [-0.25, -0.2) is 25.3 Å². The second-order valence-corrected chi connectivity index (χ2v) is 14.3. The fraction of sp³-hybridized carbons (Fsp3) is 0.500. The summed E-state index contributed by atoms with van der Waals surface area (Å²) in [5.41, 5.74) is 1.69. The van der Waals surface area contributed by atoms with Crippen molar-refractivity contribution in [3.05, 3.63) is 58.1 Å². The maximum absolute atomic E-state index is 11.0. The maximum atomic E-state index is 11.0. The van der Waals surface area contributed by atoms with E-state index in [0.717, 1.165) is 0 Å². The first-order valence-corrected chi connectivity index (χ1v) is 16.5. The summed E-state index contributed by atoms with van der Waals surface area (Å²) in [6, 6.07) is 8.07. The molecule has 0 fully saturated rings. The number of rotatable bonds is 14. The normalized spacial score (nSPS) is 12.1. The predicted octanol–water partition coefficient (Wildman–Crippen LogP) is -7.13. The summed E-state index contributed by atoms with van der Waals surface area (Å²) in [4.78, 5) is 0. The largest absolute Gasteiger partial charge is 1.00 e. The molecular weight excluding hydrogens is 581 g/mol. The van der Waals surface area contributed by atoms with Crippen LogP contribution in [0.5, 0.6) is 11.5 Å². The molecule has 0 saturated heterocycles. The van der Waals surface area contributed by atoms with E-state index >= 15 is 0 Å². The molecule has 0 aromatic heterocycles. The van der Waals surface area contributed by atoms with Crippen LogP contribution in [0.1, 0.15) is 60.9 Å². The zero-order valence-corrected chi connectivity index (χ0v) is 26.5. The molecule has 0 bridgehead atoms. The van der Waals surface area contributed by atoms with E-state index in [9.17, 15) is 49.1 Å². The Labute approximate surface area is 278 Å². The van der Waals surface area contributed by atoms with Gasteiger partial charge in [0.1, 0.15) is 11.5 Å². The van der Waals surface area contributed by atoms with Crippen molar-refractivity contribution < 1.29 is 106 Å². The molecule has 0 spiro atoms. The number of aromatic hydroxyl groups is 2. The average Bonchev–Trinajstić information content (AvgIpc) is 2.74. The van der Waals surface area contributed by atoms with Gasteiger partial charge in [0.2, 0.25) is 0 Å². The average molecular weight is 613 g/mol. The van der Waals surface area contributed by atoms with Crippen LogP contribution in [0.25, 0.3) is 0 Å². The van der Waals surface area contributed by atoms with Crippen molar-refractivity contribution in [2.75, 3.05) is 17.3 Å². The zero-order valence-electron chi connectivity index (χ0n) is 24.0. The molecular formula is C24H31Li3O11S3. The molecule has 2 aromatic carbocycles. The van der Waals surface area contributed by atoms with E-state index < -0.39 is 53.0 Å². The summed E-state index contributed by atoms with van der Waals surface area (Å²) in [5.74, 6) is -2.10. The van der Waals surface area contributed by atoms with Crippen LogP contribution < -0.4 is 56.6 Å². The molecule has 0 saturated carbocycles. The van der Waals surface area contributed by atoms with Crippen molar-refractivity contribution in [1.82, 2.24) is 0 Å². The fourth-order valence-electron chi connectivity index (χ4n) is 4.16. The summed E-state index contributed by atoms with van der Waals surface area (Å²) in [6.07, 6.45) is 0.148. The van der Waals surface area contributed by atoms with E-state index in [0.29, 0.717) is 27.8 Å². The number of aryl methyl sites for hydroxylation is 3. The van der Waals surface area contributed by atoms with Crippen LogP contribution in [0.2, 0.25) is 0 Å². The Balaban J connectivity index is 0. The number of phenols is 2. The monoisotopic (exact) mass is 612 g/mol. The van der Waals surface area contributed by atoms with E-state index in [2.05, 4.69) is 0 Å². The van der Waals surface area contributed by atoms with Crippen molar-refractivity contribution >= 4 is 30.4 Å². The fourth-order valence-corrected chi connectivity index (χ4v) is 5.66. The van der Waals surface area contributed by atoms with Crippen molar-refractivity contribution in [2.24, 2.45) is 0 Å². The summed E-state index contributed by atoms with van der Waals surface area (Å²) in [7, 11) is -13.3. The van der Waals surface area contributed by atoms with E-state index in [4.69, 9.17) is 0 Å². The first-order chi connectivity index (χ1) is 17.3. The molecule has 41 heavy (non-hydrogen) atoms. The molecule has 0 amide bonds. The number of hydrogen-bond donors (Lipinski definition) is 2. The molecule has 2 aromatic rings. The number of hydrogen-bond acceptors (Lipinski definition) is 11. The summed E-state index contributed by atoms with van der Waals surface area (Å²) >= 11 is 0. The molecule has 11 nitrogen and oxygen atoms in total. The molecule has 2 rings (SSSR count). The van der Waals surface area contributed by atoms with Crippen LogP contribution in [0, 0.1) is 0 Å². The third-order valence-corrected chi connectivity index (χ3v) is 8.68. The first kappa shape index (κ1) is 42.7. The molecule has 0 aliphatic carbocycles. The third-order valence-electron chi connectivity index (χ3n) is 6.31. The molecule has 0 aliphatic rings. The predicted molar refractivity (Wildman–Crippen MR) is 137 cm³/mol. The Morgan fingerprint density at radius 1 is 0.610 bits per heavy atom. The van der Waals surface area contributed by atoms with Crippen molar-refractivity contribution in [3.8, 4) is 11.5 Å². The van der Waals surface area contributed by atoms with Gasteiger partial charge in [-0.05, 0) is 72.4 Å². The quantitative estimate of drug-likeness (QED) is 0.151. The van der Waals surface area contributed by atoms with Gasteiger partial charge in [-0.1, -0.05) is 38.1 Å². The minimum absolute atomic E-state index is 0. The summed E-state index contributed by atoms with van der Waals surface area (Å²) in [6.45, 7) is 3.69. The topological polar surface area (TPSA) is 212 Å². The smallest absolute Gasteiger partial charge is 0.748 e. The van der Waals surface area contributed by atoms with Gasteiger partial charge >= 0.3 is 56.6 Å². The summed E-state index contributed by atoms with van der Waals surface area (Å²) < 4.78 is 99.0. The summed E-state index contributed by atoms with van der Waals surface area (Å²) in [5, 5.41) is 21.0. The number of phenolic OH excluding ortho intramolecular Hbond substituents is 2. The van der Waals surface area contributed by atoms with Gasteiger partial charge in [0.05, 0.1) is 30.4 Å². The van der Waals surface area contributed by atoms with Crippen LogP contribution >= 0.6 is 0 Å². The van der Waals surface area contributed by atoms with Crippen LogP contribution in [0.4, 0.5) is 0 Å². The van der Waals surface area contributed by atoms with Crippen molar-refractivity contribution in [3.63, 3.8) is 0 Å². The Morgan fingerprint density at radius 2 is 0.951 bits per heavy atom. The van der Waals surface area contributed by atoms with E-state index in [1.54, 1.807) is 24.3 Å². The third kappa shape index (κ3) is 14.7. The van der Waals surface area contributed by atoms with Gasteiger partial charge in [0.25, 0.3) is 0 Å². The second kappa shape index (κ2) is 17.2. The van der Waals surface area contributed by atoms with E-state index in [-0.39, 0.29) is 107 Å². The SMILES string of the molecule is CC(C)(c1ccc(O)c(CCCS(=O)(=O)[O-])c1)c1cc(CCCS(=O)(=O)[O-])c(O)c(CCCS(=O)(=O)[O-])c1.[Li+].[Li+].[Li+]. The zero-order chi connectivity index (χ0) is 28.9. The van der Waals surface area contributed by atoms with Gasteiger partial charge in [0.15, 0.2) is 0 Å². The maximum Gasteiger partial charge on any atom is 1.00 e. The molecule has 17 heteroatoms. The Morgan fingerprint density at radius 3 is 1.32 bits per heavy atom. The molecule has 0 unspecified atom stereocenters. The van der Waals surface area contributed by atoms with Gasteiger partial charge in [-0.15, -0.1) is 0 Å². The molecule has 0 atom stereocenters. The Kier molecular flexibility index (Phi) is 17.9. The molecule has 0 radical (unpaired) electrons. The van der Waals surface area contributed by atoms with Gasteiger partial charge in [-0.3, -0.25) is 0 Å². The molecule has 0 heterocycles. The van der Waals surface area contributed by atoms with Crippen molar-refractivity contribution in [2.45, 2.75) is 57.8 Å². The second-order valence-electron chi connectivity index (χ2n) is 9.71. The van der Waals surface area contributed by atoms with Gasteiger partial charge < -0.3 is 23.9 Å². The first-order valence-electron chi connectivity index (χ1n) is 11.8. The minimum atomic E-state index is -4.47. The standard InChI is InChI=1S/C24H34O11S3.3Li/c1-24(2,20-9-10-22(25)17(14-20)6-3-11-36(27,28)29)21-15-18(7-4-12-37(30,31)32)23(26)19(16-21)8-5-13-38(33,34)35;;;/h9-10,14-16,25-26H,3-8,11-13H2,1-2H3,(H,27,28,29)(H,30,31,32)(H,33,34,35);;;/q;3*+1/p-3.